The molecule has 0 heterocycles. The second-order valence-corrected chi connectivity index (χ2v) is 5.45. The summed E-state index contributed by atoms with van der Waals surface area (Å²) in [5.74, 6) is 0.941. The van der Waals surface area contributed by atoms with Gasteiger partial charge in [-0.2, -0.15) is 0 Å². The SMILES string of the molecule is Cc1ccccc1CSc1ccccc1[C@@H](C)O. The Labute approximate surface area is 113 Å². The van der Waals surface area contributed by atoms with Crippen molar-refractivity contribution in [3.63, 3.8) is 0 Å². The monoisotopic (exact) mass is 258 g/mol. The van der Waals surface area contributed by atoms with Crippen LogP contribution in [0.3, 0.4) is 0 Å². The Morgan fingerprint density at radius 1 is 1.06 bits per heavy atom. The van der Waals surface area contributed by atoms with Gasteiger partial charge < -0.3 is 5.11 Å². The third kappa shape index (κ3) is 3.15. The first-order chi connectivity index (χ1) is 8.68. The van der Waals surface area contributed by atoms with Gasteiger partial charge in [-0.05, 0) is 36.6 Å². The summed E-state index contributed by atoms with van der Waals surface area (Å²) >= 11 is 1.78. The van der Waals surface area contributed by atoms with E-state index in [1.54, 1.807) is 11.8 Å². The molecule has 0 radical (unpaired) electrons. The lowest BCUT2D eigenvalue weighted by molar-refractivity contribution is 0.196. The molecule has 18 heavy (non-hydrogen) atoms. The Balaban J connectivity index is 2.14. The maximum Gasteiger partial charge on any atom is 0.0772 e. The highest BCUT2D eigenvalue weighted by Crippen LogP contribution is 2.30. The summed E-state index contributed by atoms with van der Waals surface area (Å²) in [7, 11) is 0. The fraction of sp³-hybridized carbons (Fsp3) is 0.250. The van der Waals surface area contributed by atoms with E-state index in [0.717, 1.165) is 16.2 Å². The predicted octanol–water partition coefficient (Wildman–Crippen LogP) is 4.34. The third-order valence-electron chi connectivity index (χ3n) is 3.01. The van der Waals surface area contributed by atoms with Crippen molar-refractivity contribution in [3.8, 4) is 0 Å². The summed E-state index contributed by atoms with van der Waals surface area (Å²) < 4.78 is 0. The van der Waals surface area contributed by atoms with Crippen LogP contribution in [0.2, 0.25) is 0 Å². The zero-order chi connectivity index (χ0) is 13.0. The Bertz CT molecular complexity index is 520. The Kier molecular flexibility index (Phi) is 4.45. The first-order valence-electron chi connectivity index (χ1n) is 6.13. The largest absolute Gasteiger partial charge is 0.389 e. The molecule has 0 saturated heterocycles. The van der Waals surface area contributed by atoms with E-state index in [9.17, 15) is 5.11 Å². The second kappa shape index (κ2) is 6.07. The molecule has 1 atom stereocenters. The fourth-order valence-electron chi connectivity index (χ4n) is 1.88. The molecule has 0 spiro atoms. The van der Waals surface area contributed by atoms with Gasteiger partial charge in [0.2, 0.25) is 0 Å². The maximum absolute atomic E-state index is 9.74. The molecule has 2 aromatic carbocycles. The van der Waals surface area contributed by atoms with Gasteiger partial charge in [0.25, 0.3) is 0 Å². The minimum absolute atomic E-state index is 0.412. The molecule has 0 fully saturated rings. The number of hydrogen-bond donors (Lipinski definition) is 1. The number of aliphatic hydroxyl groups is 1. The summed E-state index contributed by atoms with van der Waals surface area (Å²) in [5.41, 5.74) is 3.68. The van der Waals surface area contributed by atoms with Crippen LogP contribution in [0.1, 0.15) is 29.7 Å². The van der Waals surface area contributed by atoms with E-state index in [0.29, 0.717) is 0 Å². The van der Waals surface area contributed by atoms with Crippen LogP contribution in [0.25, 0.3) is 0 Å². The number of aryl methyl sites for hydroxylation is 1. The fourth-order valence-corrected chi connectivity index (χ4v) is 3.10. The van der Waals surface area contributed by atoms with E-state index in [1.807, 2.05) is 25.1 Å². The highest BCUT2D eigenvalue weighted by atomic mass is 32.2. The van der Waals surface area contributed by atoms with E-state index in [2.05, 4.69) is 37.3 Å². The standard InChI is InChI=1S/C16H18OS/c1-12-7-3-4-8-14(12)11-18-16-10-6-5-9-15(16)13(2)17/h3-10,13,17H,11H2,1-2H3/t13-/m1/s1. The van der Waals surface area contributed by atoms with Crippen LogP contribution in [0.4, 0.5) is 0 Å². The van der Waals surface area contributed by atoms with Crippen molar-refractivity contribution in [2.24, 2.45) is 0 Å². The maximum atomic E-state index is 9.74. The third-order valence-corrected chi connectivity index (χ3v) is 4.15. The van der Waals surface area contributed by atoms with E-state index < -0.39 is 6.10 Å². The zero-order valence-corrected chi connectivity index (χ0v) is 11.6. The summed E-state index contributed by atoms with van der Waals surface area (Å²) in [6.07, 6.45) is -0.412. The van der Waals surface area contributed by atoms with E-state index >= 15 is 0 Å². The van der Waals surface area contributed by atoms with Crippen LogP contribution in [0.15, 0.2) is 53.4 Å². The van der Waals surface area contributed by atoms with Crippen LogP contribution < -0.4 is 0 Å². The van der Waals surface area contributed by atoms with Gasteiger partial charge in [0, 0.05) is 10.6 Å². The van der Waals surface area contributed by atoms with Crippen molar-refractivity contribution in [2.75, 3.05) is 0 Å². The lowest BCUT2D eigenvalue weighted by Crippen LogP contribution is -1.94. The average Bonchev–Trinajstić information content (AvgIpc) is 2.38. The van der Waals surface area contributed by atoms with Crippen molar-refractivity contribution < 1.29 is 5.11 Å². The summed E-state index contributed by atoms with van der Waals surface area (Å²) in [5, 5.41) is 9.74. The molecule has 0 amide bonds. The van der Waals surface area contributed by atoms with Gasteiger partial charge in [-0.25, -0.2) is 0 Å². The van der Waals surface area contributed by atoms with Gasteiger partial charge >= 0.3 is 0 Å². The Hall–Kier alpha value is -1.25. The quantitative estimate of drug-likeness (QED) is 0.823. The van der Waals surface area contributed by atoms with Gasteiger partial charge in [0.05, 0.1) is 6.10 Å². The highest BCUT2D eigenvalue weighted by molar-refractivity contribution is 7.98. The molecule has 2 heteroatoms. The van der Waals surface area contributed by atoms with Gasteiger partial charge in [-0.15, -0.1) is 11.8 Å². The molecule has 94 valence electrons. The molecule has 0 saturated carbocycles. The first-order valence-corrected chi connectivity index (χ1v) is 7.11. The van der Waals surface area contributed by atoms with Gasteiger partial charge in [0.15, 0.2) is 0 Å². The summed E-state index contributed by atoms with van der Waals surface area (Å²) in [6.45, 7) is 3.95. The summed E-state index contributed by atoms with van der Waals surface area (Å²) in [6, 6.07) is 16.5. The minimum atomic E-state index is -0.412. The Morgan fingerprint density at radius 2 is 1.72 bits per heavy atom. The van der Waals surface area contributed by atoms with Crippen LogP contribution >= 0.6 is 11.8 Å². The molecule has 0 bridgehead atoms. The molecule has 0 aliphatic rings. The molecule has 2 aromatic rings. The van der Waals surface area contributed by atoms with Crippen molar-refractivity contribution in [1.29, 1.82) is 0 Å². The molecule has 2 rings (SSSR count). The van der Waals surface area contributed by atoms with E-state index in [-0.39, 0.29) is 0 Å². The number of rotatable bonds is 4. The number of hydrogen-bond acceptors (Lipinski definition) is 2. The molecule has 1 nitrogen and oxygen atoms in total. The van der Waals surface area contributed by atoms with Crippen molar-refractivity contribution in [1.82, 2.24) is 0 Å². The van der Waals surface area contributed by atoms with Gasteiger partial charge in [0.1, 0.15) is 0 Å². The molecule has 0 aliphatic heterocycles. The minimum Gasteiger partial charge on any atom is -0.389 e. The van der Waals surface area contributed by atoms with Crippen molar-refractivity contribution in [2.45, 2.75) is 30.6 Å². The van der Waals surface area contributed by atoms with Gasteiger partial charge in [-0.3, -0.25) is 0 Å². The topological polar surface area (TPSA) is 20.2 Å². The smallest absolute Gasteiger partial charge is 0.0772 e. The molecular formula is C16H18OS. The zero-order valence-electron chi connectivity index (χ0n) is 10.8. The van der Waals surface area contributed by atoms with Crippen LogP contribution in [-0.4, -0.2) is 5.11 Å². The van der Waals surface area contributed by atoms with Crippen LogP contribution in [-0.2, 0) is 5.75 Å². The molecule has 0 unspecified atom stereocenters. The van der Waals surface area contributed by atoms with E-state index in [4.69, 9.17) is 0 Å². The molecular weight excluding hydrogens is 240 g/mol. The number of thioether (sulfide) groups is 1. The number of aliphatic hydroxyl groups excluding tert-OH is 1. The number of benzene rings is 2. The lowest BCUT2D eigenvalue weighted by Gasteiger charge is -2.12. The molecule has 1 N–H and O–H groups in total. The van der Waals surface area contributed by atoms with Crippen molar-refractivity contribution >= 4 is 11.8 Å². The molecule has 0 aliphatic carbocycles. The first kappa shape index (κ1) is 13.2. The highest BCUT2D eigenvalue weighted by Gasteiger charge is 2.08. The van der Waals surface area contributed by atoms with Crippen LogP contribution in [0, 0.1) is 6.92 Å². The normalized spacial score (nSPS) is 12.4. The predicted molar refractivity (Wildman–Crippen MR) is 77.8 cm³/mol. The van der Waals surface area contributed by atoms with E-state index in [1.165, 1.54) is 11.1 Å². The Morgan fingerprint density at radius 3 is 2.44 bits per heavy atom. The van der Waals surface area contributed by atoms with Crippen molar-refractivity contribution in [3.05, 3.63) is 65.2 Å². The van der Waals surface area contributed by atoms with Crippen LogP contribution in [0.5, 0.6) is 0 Å². The second-order valence-electron chi connectivity index (χ2n) is 4.43. The average molecular weight is 258 g/mol. The summed E-state index contributed by atoms with van der Waals surface area (Å²) in [4.78, 5) is 1.16. The lowest BCUT2D eigenvalue weighted by atomic mass is 10.1. The van der Waals surface area contributed by atoms with Gasteiger partial charge in [-0.1, -0.05) is 42.5 Å². The molecule has 0 aromatic heterocycles.